The maximum atomic E-state index is 5.43. The van der Waals surface area contributed by atoms with Crippen LogP contribution in [0.4, 0.5) is 5.69 Å². The molecule has 0 amide bonds. The molecule has 0 aliphatic carbocycles. The first-order valence-corrected chi connectivity index (χ1v) is 10.6. The van der Waals surface area contributed by atoms with Gasteiger partial charge in [0.15, 0.2) is 4.80 Å². The summed E-state index contributed by atoms with van der Waals surface area (Å²) in [6.07, 6.45) is 0.954. The number of methoxy groups -OCH3 is 1. The van der Waals surface area contributed by atoms with Crippen molar-refractivity contribution in [1.82, 2.24) is 4.57 Å². The van der Waals surface area contributed by atoms with Crippen molar-refractivity contribution in [3.05, 3.63) is 100 Å². The molecular weight excluding hydrogens is 376 g/mol. The van der Waals surface area contributed by atoms with E-state index < -0.39 is 0 Å². The average molecular weight is 401 g/mol. The molecule has 0 aliphatic rings. The van der Waals surface area contributed by atoms with E-state index in [1.807, 2.05) is 24.3 Å². The number of aryl methyl sites for hydroxylation is 2. The number of nitrogens with zero attached hydrogens (tertiary/aromatic N) is 2. The molecule has 4 rings (SSSR count). The number of benzene rings is 3. The van der Waals surface area contributed by atoms with Crippen LogP contribution in [-0.4, -0.2) is 11.7 Å². The van der Waals surface area contributed by atoms with E-state index in [2.05, 4.69) is 71.5 Å². The van der Waals surface area contributed by atoms with E-state index in [1.54, 1.807) is 18.4 Å². The van der Waals surface area contributed by atoms with Crippen LogP contribution in [0.3, 0.4) is 0 Å². The molecule has 4 aromatic rings. The quantitative estimate of drug-likeness (QED) is 0.389. The topological polar surface area (TPSA) is 26.5 Å². The van der Waals surface area contributed by atoms with E-state index in [9.17, 15) is 0 Å². The van der Waals surface area contributed by atoms with Gasteiger partial charge in [-0.2, -0.15) is 0 Å². The molecule has 0 aliphatic heterocycles. The van der Waals surface area contributed by atoms with Crippen LogP contribution in [0, 0.1) is 6.92 Å². The van der Waals surface area contributed by atoms with Gasteiger partial charge in [-0.05, 0) is 42.7 Å². The number of thiazole rings is 1. The fourth-order valence-corrected chi connectivity index (χ4v) is 4.27. The van der Waals surface area contributed by atoms with E-state index in [0.717, 1.165) is 40.5 Å². The van der Waals surface area contributed by atoms with Crippen molar-refractivity contribution in [2.24, 2.45) is 4.99 Å². The zero-order valence-electron chi connectivity index (χ0n) is 16.7. The number of para-hydroxylation sites is 1. The lowest BCUT2D eigenvalue weighted by Crippen LogP contribution is -2.17. The zero-order chi connectivity index (χ0) is 20.1. The van der Waals surface area contributed by atoms with Gasteiger partial charge >= 0.3 is 0 Å². The van der Waals surface area contributed by atoms with Crippen LogP contribution in [0.1, 0.15) is 11.1 Å². The van der Waals surface area contributed by atoms with Gasteiger partial charge in [-0.3, -0.25) is 0 Å². The summed E-state index contributed by atoms with van der Waals surface area (Å²) in [5.74, 6) is 0.862. The Labute approximate surface area is 175 Å². The average Bonchev–Trinajstić information content (AvgIpc) is 3.17. The lowest BCUT2D eigenvalue weighted by molar-refractivity contribution is 0.415. The monoisotopic (exact) mass is 400 g/mol. The third-order valence-corrected chi connectivity index (χ3v) is 5.83. The Morgan fingerprint density at radius 3 is 2.52 bits per heavy atom. The second-order valence-electron chi connectivity index (χ2n) is 6.92. The van der Waals surface area contributed by atoms with Crippen molar-refractivity contribution in [2.75, 3.05) is 7.11 Å². The van der Waals surface area contributed by atoms with Crippen LogP contribution >= 0.6 is 11.3 Å². The fraction of sp³-hybridized carbons (Fsp3) is 0.160. The maximum Gasteiger partial charge on any atom is 0.190 e. The van der Waals surface area contributed by atoms with Gasteiger partial charge in [-0.1, -0.05) is 60.7 Å². The number of rotatable bonds is 6. The molecule has 1 heterocycles. The lowest BCUT2D eigenvalue weighted by Gasteiger charge is -2.11. The summed E-state index contributed by atoms with van der Waals surface area (Å²) < 4.78 is 7.75. The van der Waals surface area contributed by atoms with Gasteiger partial charge in [0.1, 0.15) is 5.75 Å². The molecule has 0 spiro atoms. The Hall–Kier alpha value is -3.11. The molecule has 4 heteroatoms. The second-order valence-corrected chi connectivity index (χ2v) is 7.76. The fourth-order valence-electron chi connectivity index (χ4n) is 3.33. The Balaban J connectivity index is 1.79. The molecular formula is C25H24N2OS. The van der Waals surface area contributed by atoms with Crippen molar-refractivity contribution >= 4 is 17.0 Å². The van der Waals surface area contributed by atoms with Crippen molar-refractivity contribution in [3.63, 3.8) is 0 Å². The van der Waals surface area contributed by atoms with Crippen LogP contribution in [0.5, 0.6) is 5.75 Å². The van der Waals surface area contributed by atoms with Gasteiger partial charge in [0.2, 0.25) is 0 Å². The molecule has 0 saturated heterocycles. The van der Waals surface area contributed by atoms with Gasteiger partial charge in [0, 0.05) is 17.5 Å². The smallest absolute Gasteiger partial charge is 0.190 e. The zero-order valence-corrected chi connectivity index (χ0v) is 17.5. The Bertz CT molecular complexity index is 1160. The molecule has 0 fully saturated rings. The Kier molecular flexibility index (Phi) is 5.92. The van der Waals surface area contributed by atoms with Crippen molar-refractivity contribution in [1.29, 1.82) is 0 Å². The SMILES string of the molecule is COc1cccc(-c2csc(=Nc3ccccc3C)n2CCc2ccccc2)c1. The molecule has 0 N–H and O–H groups in total. The van der Waals surface area contributed by atoms with E-state index >= 15 is 0 Å². The van der Waals surface area contributed by atoms with Crippen LogP contribution in [-0.2, 0) is 13.0 Å². The van der Waals surface area contributed by atoms with Crippen molar-refractivity contribution in [2.45, 2.75) is 19.9 Å². The van der Waals surface area contributed by atoms with Crippen LogP contribution in [0.25, 0.3) is 11.3 Å². The first-order chi connectivity index (χ1) is 14.2. The molecule has 29 heavy (non-hydrogen) atoms. The van der Waals surface area contributed by atoms with E-state index in [4.69, 9.17) is 9.73 Å². The summed E-state index contributed by atoms with van der Waals surface area (Å²) in [5.41, 5.74) is 5.82. The highest BCUT2D eigenvalue weighted by atomic mass is 32.1. The van der Waals surface area contributed by atoms with Gasteiger partial charge in [-0.25, -0.2) is 4.99 Å². The first kappa shape index (κ1) is 19.2. The number of hydrogen-bond acceptors (Lipinski definition) is 3. The lowest BCUT2D eigenvalue weighted by atomic mass is 10.1. The van der Waals surface area contributed by atoms with Gasteiger partial charge in [0.05, 0.1) is 18.5 Å². The van der Waals surface area contributed by atoms with Crippen molar-refractivity contribution in [3.8, 4) is 17.0 Å². The third kappa shape index (κ3) is 4.49. The van der Waals surface area contributed by atoms with E-state index in [0.29, 0.717) is 0 Å². The minimum atomic E-state index is 0.862. The van der Waals surface area contributed by atoms with Gasteiger partial charge < -0.3 is 9.30 Å². The molecule has 3 nitrogen and oxygen atoms in total. The highest BCUT2D eigenvalue weighted by Crippen LogP contribution is 2.25. The number of aromatic nitrogens is 1. The van der Waals surface area contributed by atoms with Crippen LogP contribution in [0.15, 0.2) is 89.2 Å². The van der Waals surface area contributed by atoms with E-state index in [1.165, 1.54) is 11.1 Å². The minimum Gasteiger partial charge on any atom is -0.497 e. The third-order valence-electron chi connectivity index (χ3n) is 4.96. The summed E-state index contributed by atoms with van der Waals surface area (Å²) in [7, 11) is 1.70. The molecule has 0 atom stereocenters. The second kappa shape index (κ2) is 8.93. The largest absolute Gasteiger partial charge is 0.497 e. The molecule has 3 aromatic carbocycles. The molecule has 0 bridgehead atoms. The minimum absolute atomic E-state index is 0.862. The van der Waals surface area contributed by atoms with Gasteiger partial charge in [0.25, 0.3) is 0 Å². The Morgan fingerprint density at radius 1 is 0.931 bits per heavy atom. The van der Waals surface area contributed by atoms with E-state index in [-0.39, 0.29) is 0 Å². The first-order valence-electron chi connectivity index (χ1n) is 9.71. The molecule has 0 radical (unpaired) electrons. The summed E-state index contributed by atoms with van der Waals surface area (Å²) in [4.78, 5) is 6.00. The highest BCUT2D eigenvalue weighted by molar-refractivity contribution is 7.07. The Morgan fingerprint density at radius 2 is 1.72 bits per heavy atom. The maximum absolute atomic E-state index is 5.43. The molecule has 0 saturated carbocycles. The summed E-state index contributed by atoms with van der Waals surface area (Å²) >= 11 is 1.68. The highest BCUT2D eigenvalue weighted by Gasteiger charge is 2.10. The normalized spacial score (nSPS) is 11.6. The number of ether oxygens (including phenoxy) is 1. The van der Waals surface area contributed by atoms with Crippen LogP contribution in [0.2, 0.25) is 0 Å². The summed E-state index contributed by atoms with van der Waals surface area (Å²) in [6, 6.07) is 27.1. The molecule has 1 aromatic heterocycles. The molecule has 0 unspecified atom stereocenters. The standard InChI is InChI=1S/C25H24N2OS/c1-19-9-6-7-14-23(19)26-25-27(16-15-20-10-4-3-5-11-20)24(18-29-25)21-12-8-13-22(17-21)28-2/h3-14,17-18H,15-16H2,1-2H3. The molecule has 146 valence electrons. The van der Waals surface area contributed by atoms with Gasteiger partial charge in [-0.15, -0.1) is 11.3 Å². The van der Waals surface area contributed by atoms with Crippen LogP contribution < -0.4 is 9.54 Å². The van der Waals surface area contributed by atoms with Crippen molar-refractivity contribution < 1.29 is 4.74 Å². The number of hydrogen-bond donors (Lipinski definition) is 0. The predicted molar refractivity (Wildman–Crippen MR) is 121 cm³/mol. The predicted octanol–water partition coefficient (Wildman–Crippen LogP) is 6.01. The summed E-state index contributed by atoms with van der Waals surface area (Å²) in [5, 5.41) is 2.19. The summed E-state index contributed by atoms with van der Waals surface area (Å²) in [6.45, 7) is 2.97.